The van der Waals surface area contributed by atoms with Crippen LogP contribution in [0.3, 0.4) is 0 Å². The van der Waals surface area contributed by atoms with E-state index in [0.717, 1.165) is 23.1 Å². The van der Waals surface area contributed by atoms with E-state index in [1.807, 2.05) is 12.1 Å². The average Bonchev–Trinajstić information content (AvgIpc) is 3.03. The molecule has 5 heteroatoms. The Balaban J connectivity index is 1.69. The number of carboxylic acid groups (broad SMARTS) is 1. The van der Waals surface area contributed by atoms with Crippen molar-refractivity contribution in [1.82, 2.24) is 14.5 Å². The Morgan fingerprint density at radius 2 is 1.68 bits per heavy atom. The maximum Gasteiger partial charge on any atom is 0.372 e. The van der Waals surface area contributed by atoms with Crippen LogP contribution in [0.5, 0.6) is 0 Å². The molecule has 2 heterocycles. The molecule has 110 valence electrons. The minimum Gasteiger partial charge on any atom is -0.475 e. The molecule has 0 saturated heterocycles. The van der Waals surface area contributed by atoms with Crippen molar-refractivity contribution in [2.24, 2.45) is 0 Å². The van der Waals surface area contributed by atoms with Crippen LogP contribution in [-0.4, -0.2) is 25.6 Å². The molecule has 0 spiro atoms. The summed E-state index contributed by atoms with van der Waals surface area (Å²) in [5, 5.41) is 9.03. The molecule has 1 aromatic carbocycles. The molecule has 0 saturated carbocycles. The Morgan fingerprint density at radius 1 is 1.00 bits per heavy atom. The molecule has 0 aliphatic carbocycles. The van der Waals surface area contributed by atoms with Crippen LogP contribution in [0, 0.1) is 0 Å². The van der Waals surface area contributed by atoms with Crippen molar-refractivity contribution in [1.29, 1.82) is 0 Å². The van der Waals surface area contributed by atoms with Crippen LogP contribution in [0.2, 0.25) is 0 Å². The summed E-state index contributed by atoms with van der Waals surface area (Å²) in [6.45, 7) is 0.593. The topological polar surface area (TPSA) is 68.0 Å². The van der Waals surface area contributed by atoms with Crippen molar-refractivity contribution in [2.45, 2.75) is 13.0 Å². The zero-order valence-corrected chi connectivity index (χ0v) is 11.9. The van der Waals surface area contributed by atoms with E-state index in [1.165, 1.54) is 6.20 Å². The standard InChI is InChI=1S/C17H15N3O2/c21-17(22)16-19-10-12-20(16)11-7-13-1-3-14(4-2-13)15-5-8-18-9-6-15/h1-6,8-10,12H,7,11H2,(H,21,22). The smallest absolute Gasteiger partial charge is 0.372 e. The van der Waals surface area contributed by atoms with Gasteiger partial charge in [-0.1, -0.05) is 24.3 Å². The average molecular weight is 293 g/mol. The van der Waals surface area contributed by atoms with Crippen molar-refractivity contribution in [3.63, 3.8) is 0 Å². The Bertz CT molecular complexity index is 764. The summed E-state index contributed by atoms with van der Waals surface area (Å²) in [6.07, 6.45) is 7.50. The van der Waals surface area contributed by atoms with Gasteiger partial charge in [-0.05, 0) is 35.2 Å². The van der Waals surface area contributed by atoms with Crippen LogP contribution < -0.4 is 0 Å². The van der Waals surface area contributed by atoms with Crippen LogP contribution in [0.25, 0.3) is 11.1 Å². The second-order valence-electron chi connectivity index (χ2n) is 4.93. The van der Waals surface area contributed by atoms with Crippen LogP contribution in [0.1, 0.15) is 16.2 Å². The molecule has 22 heavy (non-hydrogen) atoms. The van der Waals surface area contributed by atoms with Crippen LogP contribution in [0.4, 0.5) is 0 Å². The molecule has 0 aliphatic rings. The lowest BCUT2D eigenvalue weighted by molar-refractivity contribution is 0.0678. The molecule has 0 aliphatic heterocycles. The molecule has 3 rings (SSSR count). The first-order valence-corrected chi connectivity index (χ1v) is 6.98. The van der Waals surface area contributed by atoms with Crippen molar-refractivity contribution < 1.29 is 9.90 Å². The summed E-state index contributed by atoms with van der Waals surface area (Å²) in [6, 6.07) is 12.2. The predicted octanol–water partition coefficient (Wildman–Crippen LogP) is 2.89. The van der Waals surface area contributed by atoms with E-state index in [4.69, 9.17) is 5.11 Å². The number of rotatable bonds is 5. The van der Waals surface area contributed by atoms with Gasteiger partial charge < -0.3 is 9.67 Å². The number of benzene rings is 1. The van der Waals surface area contributed by atoms with Gasteiger partial charge in [-0.3, -0.25) is 4.98 Å². The van der Waals surface area contributed by atoms with Gasteiger partial charge in [0, 0.05) is 31.3 Å². The minimum atomic E-state index is -1.00. The first-order valence-electron chi connectivity index (χ1n) is 6.98. The van der Waals surface area contributed by atoms with E-state index in [1.54, 1.807) is 23.2 Å². The van der Waals surface area contributed by atoms with Crippen LogP contribution in [0.15, 0.2) is 61.2 Å². The number of hydrogen-bond donors (Lipinski definition) is 1. The molecular weight excluding hydrogens is 278 g/mol. The normalized spacial score (nSPS) is 10.5. The van der Waals surface area contributed by atoms with E-state index in [9.17, 15) is 4.79 Å². The quantitative estimate of drug-likeness (QED) is 0.785. The molecule has 0 fully saturated rings. The number of carbonyl (C=O) groups is 1. The molecule has 0 radical (unpaired) electrons. The first kappa shape index (κ1) is 14.0. The monoisotopic (exact) mass is 293 g/mol. The van der Waals surface area contributed by atoms with Crippen molar-refractivity contribution in [3.05, 3.63) is 72.6 Å². The number of imidazole rings is 1. The SMILES string of the molecule is O=C(O)c1nccn1CCc1ccc(-c2ccncc2)cc1. The highest BCUT2D eigenvalue weighted by atomic mass is 16.4. The van der Waals surface area contributed by atoms with Gasteiger partial charge in [-0.2, -0.15) is 0 Å². The second kappa shape index (κ2) is 6.22. The molecular formula is C17H15N3O2. The van der Waals surface area contributed by atoms with Gasteiger partial charge in [0.25, 0.3) is 0 Å². The van der Waals surface area contributed by atoms with Gasteiger partial charge in [0.05, 0.1) is 0 Å². The predicted molar refractivity (Wildman–Crippen MR) is 82.6 cm³/mol. The van der Waals surface area contributed by atoms with Gasteiger partial charge >= 0.3 is 5.97 Å². The molecule has 0 amide bonds. The van der Waals surface area contributed by atoms with Gasteiger partial charge in [-0.15, -0.1) is 0 Å². The molecule has 0 atom stereocenters. The number of hydrogen-bond acceptors (Lipinski definition) is 3. The van der Waals surface area contributed by atoms with Crippen LogP contribution in [-0.2, 0) is 13.0 Å². The minimum absolute atomic E-state index is 0.0772. The summed E-state index contributed by atoms with van der Waals surface area (Å²) in [7, 11) is 0. The van der Waals surface area contributed by atoms with Crippen LogP contribution >= 0.6 is 0 Å². The highest BCUT2D eigenvalue weighted by molar-refractivity contribution is 5.83. The molecule has 5 nitrogen and oxygen atoms in total. The van der Waals surface area contributed by atoms with E-state index < -0.39 is 5.97 Å². The number of carboxylic acids is 1. The number of aromatic nitrogens is 3. The third-order valence-corrected chi connectivity index (χ3v) is 3.52. The van der Waals surface area contributed by atoms with Gasteiger partial charge in [0.1, 0.15) is 0 Å². The first-order chi connectivity index (χ1) is 10.7. The highest BCUT2D eigenvalue weighted by Crippen LogP contribution is 2.19. The molecule has 2 aromatic heterocycles. The zero-order chi connectivity index (χ0) is 15.4. The lowest BCUT2D eigenvalue weighted by Gasteiger charge is -2.07. The summed E-state index contributed by atoms with van der Waals surface area (Å²) in [5.41, 5.74) is 3.42. The lowest BCUT2D eigenvalue weighted by atomic mass is 10.0. The van der Waals surface area contributed by atoms with E-state index >= 15 is 0 Å². The maximum atomic E-state index is 11.0. The Hall–Kier alpha value is -2.95. The molecule has 3 aromatic rings. The Labute approximate surface area is 127 Å². The maximum absolute atomic E-state index is 11.0. The number of aryl methyl sites for hydroxylation is 2. The Morgan fingerprint density at radius 3 is 2.36 bits per heavy atom. The van der Waals surface area contributed by atoms with E-state index in [-0.39, 0.29) is 5.82 Å². The summed E-state index contributed by atoms with van der Waals surface area (Å²) < 4.78 is 1.65. The van der Waals surface area contributed by atoms with Gasteiger partial charge in [0.2, 0.25) is 5.82 Å². The lowest BCUT2D eigenvalue weighted by Crippen LogP contribution is -2.10. The fourth-order valence-corrected chi connectivity index (χ4v) is 2.35. The number of nitrogens with zero attached hydrogens (tertiary/aromatic N) is 3. The van der Waals surface area contributed by atoms with E-state index in [0.29, 0.717) is 6.54 Å². The van der Waals surface area contributed by atoms with Crippen molar-refractivity contribution in [3.8, 4) is 11.1 Å². The highest BCUT2D eigenvalue weighted by Gasteiger charge is 2.10. The summed E-state index contributed by atoms with van der Waals surface area (Å²) in [4.78, 5) is 18.9. The molecule has 1 N–H and O–H groups in total. The van der Waals surface area contributed by atoms with Gasteiger partial charge in [-0.25, -0.2) is 9.78 Å². The third-order valence-electron chi connectivity index (χ3n) is 3.52. The van der Waals surface area contributed by atoms with Crippen molar-refractivity contribution >= 4 is 5.97 Å². The van der Waals surface area contributed by atoms with Crippen molar-refractivity contribution in [2.75, 3.05) is 0 Å². The largest absolute Gasteiger partial charge is 0.475 e. The Kier molecular flexibility index (Phi) is 3.96. The van der Waals surface area contributed by atoms with E-state index in [2.05, 4.69) is 34.2 Å². The fourth-order valence-electron chi connectivity index (χ4n) is 2.35. The fraction of sp³-hybridized carbons (Fsp3) is 0.118. The summed E-state index contributed by atoms with van der Waals surface area (Å²) >= 11 is 0. The molecule has 0 bridgehead atoms. The third kappa shape index (κ3) is 3.03. The van der Waals surface area contributed by atoms with Gasteiger partial charge in [0.15, 0.2) is 0 Å². The second-order valence-corrected chi connectivity index (χ2v) is 4.93. The molecule has 0 unspecified atom stereocenters. The number of aromatic carboxylic acids is 1. The zero-order valence-electron chi connectivity index (χ0n) is 11.9. The number of pyridine rings is 1. The summed E-state index contributed by atoms with van der Waals surface area (Å²) in [5.74, 6) is -0.925.